The van der Waals surface area contributed by atoms with E-state index >= 15 is 0 Å². The van der Waals surface area contributed by atoms with Crippen molar-refractivity contribution >= 4 is 0 Å². The maximum absolute atomic E-state index is 3.66. The van der Waals surface area contributed by atoms with Gasteiger partial charge in [0.1, 0.15) is 0 Å². The van der Waals surface area contributed by atoms with Gasteiger partial charge in [-0.3, -0.25) is 4.90 Å². The molecule has 4 atom stereocenters. The van der Waals surface area contributed by atoms with Gasteiger partial charge in [0.05, 0.1) is 0 Å². The van der Waals surface area contributed by atoms with E-state index in [4.69, 9.17) is 0 Å². The van der Waals surface area contributed by atoms with Gasteiger partial charge in [-0.15, -0.1) is 0 Å². The third-order valence-corrected chi connectivity index (χ3v) is 5.60. The summed E-state index contributed by atoms with van der Waals surface area (Å²) in [4.78, 5) is 2.81. The van der Waals surface area contributed by atoms with Crippen molar-refractivity contribution in [3.05, 3.63) is 0 Å². The summed E-state index contributed by atoms with van der Waals surface area (Å²) in [6.45, 7) is 14.8. The summed E-state index contributed by atoms with van der Waals surface area (Å²) >= 11 is 0. The summed E-state index contributed by atoms with van der Waals surface area (Å²) in [7, 11) is 0. The molecule has 2 saturated heterocycles. The van der Waals surface area contributed by atoms with Crippen LogP contribution >= 0.6 is 0 Å². The predicted molar refractivity (Wildman–Crippen MR) is 83.4 cm³/mol. The van der Waals surface area contributed by atoms with Crippen LogP contribution in [0.5, 0.6) is 0 Å². The lowest BCUT2D eigenvalue weighted by molar-refractivity contribution is 0.0221. The Balaban J connectivity index is 2.02. The first-order valence-electron chi connectivity index (χ1n) is 8.51. The average molecular weight is 266 g/mol. The molecule has 4 unspecified atom stereocenters. The van der Waals surface area contributed by atoms with Gasteiger partial charge < -0.3 is 5.32 Å². The molecule has 2 rings (SSSR count). The molecule has 2 heterocycles. The smallest absolute Gasteiger partial charge is 0.00930 e. The number of nitrogens with zero attached hydrogens (tertiary/aromatic N) is 1. The molecule has 0 amide bonds. The molecule has 0 aromatic rings. The zero-order valence-corrected chi connectivity index (χ0v) is 13.5. The van der Waals surface area contributed by atoms with Crippen LogP contribution in [0, 0.1) is 17.3 Å². The Morgan fingerprint density at radius 3 is 2.68 bits per heavy atom. The highest BCUT2D eigenvalue weighted by Gasteiger charge is 2.37. The molecule has 19 heavy (non-hydrogen) atoms. The van der Waals surface area contributed by atoms with Crippen LogP contribution in [0.1, 0.15) is 59.8 Å². The van der Waals surface area contributed by atoms with E-state index in [1.165, 1.54) is 58.3 Å². The lowest BCUT2D eigenvalue weighted by atomic mass is 9.75. The molecule has 2 aliphatic rings. The van der Waals surface area contributed by atoms with Gasteiger partial charge in [-0.05, 0) is 56.4 Å². The Hall–Kier alpha value is -0.0800. The molecule has 0 spiro atoms. The third-order valence-electron chi connectivity index (χ3n) is 5.60. The van der Waals surface area contributed by atoms with Gasteiger partial charge in [-0.2, -0.15) is 0 Å². The molecule has 0 aliphatic carbocycles. The van der Waals surface area contributed by atoms with Crippen molar-refractivity contribution in [1.82, 2.24) is 10.2 Å². The third kappa shape index (κ3) is 3.72. The number of piperidine rings is 2. The molecule has 2 heteroatoms. The molecule has 1 N–H and O–H groups in total. The standard InChI is InChI=1S/C17H34N2/c1-5-7-17(8-6-9-18-12-17)13-19-11-14(2)10-15(3)16(19)4/h14-16,18H,5-13H2,1-4H3. The normalized spacial score (nSPS) is 41.4. The van der Waals surface area contributed by atoms with Gasteiger partial charge in [-0.1, -0.05) is 27.2 Å². The summed E-state index contributed by atoms with van der Waals surface area (Å²) in [5, 5.41) is 3.66. The van der Waals surface area contributed by atoms with Gasteiger partial charge in [-0.25, -0.2) is 0 Å². The molecule has 0 aromatic heterocycles. The Labute approximate surface area is 120 Å². The number of hydrogen-bond acceptors (Lipinski definition) is 2. The Kier molecular flexibility index (Phi) is 5.30. The largest absolute Gasteiger partial charge is 0.316 e. The van der Waals surface area contributed by atoms with Gasteiger partial charge >= 0.3 is 0 Å². The molecule has 0 radical (unpaired) electrons. The topological polar surface area (TPSA) is 15.3 Å². The number of likely N-dealkylation sites (tertiary alicyclic amines) is 1. The molecular formula is C17H34N2. The minimum atomic E-state index is 0.554. The van der Waals surface area contributed by atoms with Crippen molar-refractivity contribution in [3.8, 4) is 0 Å². The van der Waals surface area contributed by atoms with Crippen molar-refractivity contribution in [3.63, 3.8) is 0 Å². The molecule has 0 aromatic carbocycles. The summed E-state index contributed by atoms with van der Waals surface area (Å²) < 4.78 is 0. The van der Waals surface area contributed by atoms with E-state index in [0.717, 1.165) is 17.9 Å². The number of rotatable bonds is 4. The van der Waals surface area contributed by atoms with Crippen molar-refractivity contribution in [2.75, 3.05) is 26.2 Å². The van der Waals surface area contributed by atoms with Gasteiger partial charge in [0.15, 0.2) is 0 Å². The van der Waals surface area contributed by atoms with Gasteiger partial charge in [0, 0.05) is 25.7 Å². The van der Waals surface area contributed by atoms with Crippen LogP contribution in [0.3, 0.4) is 0 Å². The van der Waals surface area contributed by atoms with Crippen molar-refractivity contribution in [1.29, 1.82) is 0 Å². The van der Waals surface area contributed by atoms with E-state index in [1.807, 2.05) is 0 Å². The van der Waals surface area contributed by atoms with Crippen LogP contribution in [-0.4, -0.2) is 37.1 Å². The summed E-state index contributed by atoms with van der Waals surface area (Å²) in [6.07, 6.45) is 6.94. The van der Waals surface area contributed by atoms with Crippen molar-refractivity contribution in [2.45, 2.75) is 65.8 Å². The second-order valence-corrected chi connectivity index (χ2v) is 7.52. The van der Waals surface area contributed by atoms with E-state index in [2.05, 4.69) is 37.9 Å². The number of nitrogens with one attached hydrogen (secondary N) is 1. The van der Waals surface area contributed by atoms with Gasteiger partial charge in [0.25, 0.3) is 0 Å². The Morgan fingerprint density at radius 2 is 2.05 bits per heavy atom. The van der Waals surface area contributed by atoms with E-state index in [-0.39, 0.29) is 0 Å². The van der Waals surface area contributed by atoms with E-state index in [1.54, 1.807) is 0 Å². The fourth-order valence-electron chi connectivity index (χ4n) is 4.46. The lowest BCUT2D eigenvalue weighted by Gasteiger charge is -2.48. The molecule has 2 aliphatic heterocycles. The van der Waals surface area contributed by atoms with E-state index < -0.39 is 0 Å². The zero-order valence-electron chi connectivity index (χ0n) is 13.5. The van der Waals surface area contributed by atoms with Crippen LogP contribution in [0.25, 0.3) is 0 Å². The first kappa shape index (κ1) is 15.3. The van der Waals surface area contributed by atoms with Crippen LogP contribution in [0.2, 0.25) is 0 Å². The first-order valence-corrected chi connectivity index (χ1v) is 8.51. The van der Waals surface area contributed by atoms with Crippen LogP contribution < -0.4 is 5.32 Å². The monoisotopic (exact) mass is 266 g/mol. The Bertz CT molecular complexity index is 265. The SMILES string of the molecule is CCCC1(CN2CC(C)CC(C)C2C)CCCNC1. The fraction of sp³-hybridized carbons (Fsp3) is 1.00. The molecule has 112 valence electrons. The van der Waals surface area contributed by atoms with Crippen LogP contribution in [-0.2, 0) is 0 Å². The molecule has 2 nitrogen and oxygen atoms in total. The van der Waals surface area contributed by atoms with Crippen molar-refractivity contribution < 1.29 is 0 Å². The second kappa shape index (κ2) is 6.58. The predicted octanol–water partition coefficient (Wildman–Crippen LogP) is 3.52. The van der Waals surface area contributed by atoms with Crippen LogP contribution in [0.4, 0.5) is 0 Å². The lowest BCUT2D eigenvalue weighted by Crippen LogP contribution is -2.53. The van der Waals surface area contributed by atoms with E-state index in [9.17, 15) is 0 Å². The molecule has 0 bridgehead atoms. The minimum absolute atomic E-state index is 0.554. The first-order chi connectivity index (χ1) is 9.06. The van der Waals surface area contributed by atoms with Crippen molar-refractivity contribution in [2.24, 2.45) is 17.3 Å². The minimum Gasteiger partial charge on any atom is -0.316 e. The highest BCUT2D eigenvalue weighted by Crippen LogP contribution is 2.36. The summed E-state index contributed by atoms with van der Waals surface area (Å²) in [5.41, 5.74) is 0.554. The molecule has 0 saturated carbocycles. The maximum atomic E-state index is 3.66. The maximum Gasteiger partial charge on any atom is 0.00930 e. The highest BCUT2D eigenvalue weighted by molar-refractivity contribution is 4.92. The summed E-state index contributed by atoms with van der Waals surface area (Å²) in [6, 6.07) is 0.770. The Morgan fingerprint density at radius 1 is 1.26 bits per heavy atom. The highest BCUT2D eigenvalue weighted by atomic mass is 15.2. The quantitative estimate of drug-likeness (QED) is 0.837. The zero-order chi connectivity index (χ0) is 13.9. The van der Waals surface area contributed by atoms with Crippen LogP contribution in [0.15, 0.2) is 0 Å². The molecule has 2 fully saturated rings. The molecular weight excluding hydrogens is 232 g/mol. The summed E-state index contributed by atoms with van der Waals surface area (Å²) in [5.74, 6) is 1.74. The van der Waals surface area contributed by atoms with Gasteiger partial charge in [0.2, 0.25) is 0 Å². The fourth-order valence-corrected chi connectivity index (χ4v) is 4.46. The second-order valence-electron chi connectivity index (χ2n) is 7.52. The average Bonchev–Trinajstić information content (AvgIpc) is 2.37. The number of hydrogen-bond donors (Lipinski definition) is 1. The van der Waals surface area contributed by atoms with E-state index in [0.29, 0.717) is 5.41 Å².